The van der Waals surface area contributed by atoms with E-state index in [2.05, 4.69) is 0 Å². The highest BCUT2D eigenvalue weighted by atomic mass is 35.5. The highest BCUT2D eigenvalue weighted by Crippen LogP contribution is 2.24. The number of Topliss-reactive ketones (excluding diaryl/α,β-unsaturated/α-hetero) is 1. The fourth-order valence-electron chi connectivity index (χ4n) is 1.91. The summed E-state index contributed by atoms with van der Waals surface area (Å²) in [6.45, 7) is 1.69. The Morgan fingerprint density at radius 3 is 2.79 bits per heavy atom. The highest BCUT2D eigenvalue weighted by Gasteiger charge is 2.15. The van der Waals surface area contributed by atoms with E-state index >= 15 is 0 Å². The molecule has 0 saturated heterocycles. The van der Waals surface area contributed by atoms with E-state index in [0.717, 1.165) is 0 Å². The third kappa shape index (κ3) is 2.82. The number of hydrogen-bond acceptors (Lipinski definition) is 3. The maximum atomic E-state index is 11.4. The fourth-order valence-corrected chi connectivity index (χ4v) is 2.11. The molecule has 19 heavy (non-hydrogen) atoms. The molecule has 0 aliphatic rings. The molecule has 0 amide bonds. The van der Waals surface area contributed by atoms with Gasteiger partial charge in [0.25, 0.3) is 5.69 Å². The third-order valence-electron chi connectivity index (χ3n) is 2.77. The summed E-state index contributed by atoms with van der Waals surface area (Å²) in [5.41, 5.74) is 0.970. The zero-order valence-electron chi connectivity index (χ0n) is 10.2. The predicted octanol–water partition coefficient (Wildman–Crippen LogP) is 3.30. The van der Waals surface area contributed by atoms with E-state index in [1.807, 2.05) is 0 Å². The minimum Gasteiger partial charge on any atom is -0.340 e. The molecular formula is C13H11ClN2O3. The minimum atomic E-state index is -0.456. The number of ketones is 1. The number of carbonyl (C=O) groups excluding carboxylic acids is 1. The van der Waals surface area contributed by atoms with E-state index in [9.17, 15) is 14.9 Å². The summed E-state index contributed by atoms with van der Waals surface area (Å²) in [6.07, 6.45) is 1.71. The minimum absolute atomic E-state index is 0.00685. The first-order chi connectivity index (χ1) is 8.99. The van der Waals surface area contributed by atoms with Gasteiger partial charge in [-0.3, -0.25) is 14.9 Å². The number of benzene rings is 1. The van der Waals surface area contributed by atoms with Gasteiger partial charge >= 0.3 is 0 Å². The number of hydrogen-bond donors (Lipinski definition) is 0. The van der Waals surface area contributed by atoms with E-state index in [-0.39, 0.29) is 18.0 Å². The number of rotatable bonds is 4. The molecule has 0 bridgehead atoms. The van der Waals surface area contributed by atoms with Crippen LogP contribution in [0, 0.1) is 10.1 Å². The van der Waals surface area contributed by atoms with Gasteiger partial charge in [0.2, 0.25) is 0 Å². The molecule has 0 unspecified atom stereocenters. The van der Waals surface area contributed by atoms with Gasteiger partial charge < -0.3 is 4.57 Å². The lowest BCUT2D eigenvalue weighted by atomic mass is 10.1. The van der Waals surface area contributed by atoms with E-state index < -0.39 is 4.92 Å². The van der Waals surface area contributed by atoms with E-state index in [4.69, 9.17) is 11.6 Å². The van der Waals surface area contributed by atoms with E-state index in [0.29, 0.717) is 16.3 Å². The normalized spacial score (nSPS) is 10.4. The second-order valence-electron chi connectivity index (χ2n) is 4.11. The number of nitrogens with zero attached hydrogens (tertiary/aromatic N) is 2. The lowest BCUT2D eigenvalue weighted by molar-refractivity contribution is -0.385. The number of carbonyl (C=O) groups is 1. The van der Waals surface area contributed by atoms with Crippen molar-refractivity contribution in [2.75, 3.05) is 0 Å². The van der Waals surface area contributed by atoms with Crippen LogP contribution in [0.3, 0.4) is 0 Å². The van der Waals surface area contributed by atoms with E-state index in [1.54, 1.807) is 29.0 Å². The molecule has 1 aromatic heterocycles. The van der Waals surface area contributed by atoms with Crippen LogP contribution in [-0.2, 0) is 6.54 Å². The average Bonchev–Trinajstić information content (AvgIpc) is 2.76. The Morgan fingerprint density at radius 1 is 1.42 bits per heavy atom. The van der Waals surface area contributed by atoms with Gasteiger partial charge in [-0.2, -0.15) is 0 Å². The predicted molar refractivity (Wildman–Crippen MR) is 71.6 cm³/mol. The van der Waals surface area contributed by atoms with Crippen molar-refractivity contribution in [3.8, 4) is 0 Å². The van der Waals surface area contributed by atoms with E-state index in [1.165, 1.54) is 19.1 Å². The summed E-state index contributed by atoms with van der Waals surface area (Å²) in [5, 5.41) is 11.4. The van der Waals surface area contributed by atoms with Crippen LogP contribution in [-0.4, -0.2) is 15.3 Å². The zero-order chi connectivity index (χ0) is 14.0. The SMILES string of the molecule is CC(=O)c1cccn1Cc1cc(Cl)ccc1[N+](=O)[O-]. The number of nitro benzene ring substituents is 1. The van der Waals surface area contributed by atoms with Gasteiger partial charge in [-0.1, -0.05) is 11.6 Å². The van der Waals surface area contributed by atoms with Gasteiger partial charge in [-0.25, -0.2) is 0 Å². The fraction of sp³-hybridized carbons (Fsp3) is 0.154. The highest BCUT2D eigenvalue weighted by molar-refractivity contribution is 6.30. The molecule has 0 saturated carbocycles. The van der Waals surface area contributed by atoms with Crippen LogP contribution in [0.25, 0.3) is 0 Å². The van der Waals surface area contributed by atoms with Crippen LogP contribution in [0.5, 0.6) is 0 Å². The summed E-state index contributed by atoms with van der Waals surface area (Å²) in [5.74, 6) is -0.0883. The van der Waals surface area contributed by atoms with Gasteiger partial charge in [0, 0.05) is 24.2 Å². The molecule has 0 radical (unpaired) electrons. The van der Waals surface area contributed by atoms with Crippen LogP contribution < -0.4 is 0 Å². The largest absolute Gasteiger partial charge is 0.340 e. The van der Waals surface area contributed by atoms with Gasteiger partial charge in [0.05, 0.1) is 22.7 Å². The Bertz CT molecular complexity index is 649. The van der Waals surface area contributed by atoms with Crippen molar-refractivity contribution in [2.24, 2.45) is 0 Å². The summed E-state index contributed by atoms with van der Waals surface area (Å²) >= 11 is 5.87. The number of aromatic nitrogens is 1. The molecule has 0 fully saturated rings. The molecule has 0 aliphatic carbocycles. The van der Waals surface area contributed by atoms with Gasteiger partial charge in [0.1, 0.15) is 0 Å². The van der Waals surface area contributed by atoms with Crippen LogP contribution in [0.15, 0.2) is 36.5 Å². The Morgan fingerprint density at radius 2 is 2.16 bits per heavy atom. The van der Waals surface area contributed by atoms with Crippen molar-refractivity contribution in [3.05, 3.63) is 62.9 Å². The molecule has 5 nitrogen and oxygen atoms in total. The van der Waals surface area contributed by atoms with Gasteiger partial charge in [-0.15, -0.1) is 0 Å². The second kappa shape index (κ2) is 5.24. The van der Waals surface area contributed by atoms with Crippen LogP contribution in [0.2, 0.25) is 5.02 Å². The molecule has 1 heterocycles. The standard InChI is InChI=1S/C13H11ClN2O3/c1-9(17)12-3-2-6-15(12)8-10-7-11(14)4-5-13(10)16(18)19/h2-7H,8H2,1H3. The first-order valence-corrected chi connectivity index (χ1v) is 5.95. The summed E-state index contributed by atoms with van der Waals surface area (Å²) in [7, 11) is 0. The Kier molecular flexibility index (Phi) is 3.66. The average molecular weight is 279 g/mol. The van der Waals surface area contributed by atoms with Crippen molar-refractivity contribution in [1.29, 1.82) is 0 Å². The molecule has 2 aromatic rings. The Labute approximate surface area is 114 Å². The zero-order valence-corrected chi connectivity index (χ0v) is 10.9. The first-order valence-electron chi connectivity index (χ1n) is 5.58. The lowest BCUT2D eigenvalue weighted by Crippen LogP contribution is -2.08. The molecular weight excluding hydrogens is 268 g/mol. The molecule has 2 rings (SSSR count). The molecule has 98 valence electrons. The molecule has 6 heteroatoms. The van der Waals surface area contributed by atoms with Crippen LogP contribution >= 0.6 is 11.6 Å². The maximum Gasteiger partial charge on any atom is 0.274 e. The van der Waals surface area contributed by atoms with Gasteiger partial charge in [0.15, 0.2) is 5.78 Å². The molecule has 0 N–H and O–H groups in total. The van der Waals surface area contributed by atoms with Crippen molar-refractivity contribution in [2.45, 2.75) is 13.5 Å². The number of halogens is 1. The molecule has 1 aromatic carbocycles. The van der Waals surface area contributed by atoms with Crippen molar-refractivity contribution in [1.82, 2.24) is 4.57 Å². The monoisotopic (exact) mass is 278 g/mol. The van der Waals surface area contributed by atoms with Crippen LogP contribution in [0.1, 0.15) is 23.0 Å². The Balaban J connectivity index is 2.42. The topological polar surface area (TPSA) is 65.1 Å². The lowest BCUT2D eigenvalue weighted by Gasteiger charge is -2.08. The summed E-state index contributed by atoms with van der Waals surface area (Å²) in [4.78, 5) is 21.9. The summed E-state index contributed by atoms with van der Waals surface area (Å²) in [6, 6.07) is 7.80. The van der Waals surface area contributed by atoms with Crippen molar-refractivity contribution < 1.29 is 9.72 Å². The second-order valence-corrected chi connectivity index (χ2v) is 4.54. The first kappa shape index (κ1) is 13.3. The number of nitro groups is 1. The summed E-state index contributed by atoms with van der Waals surface area (Å²) < 4.78 is 1.67. The molecule has 0 spiro atoms. The third-order valence-corrected chi connectivity index (χ3v) is 3.00. The molecule has 0 atom stereocenters. The maximum absolute atomic E-state index is 11.4. The van der Waals surface area contributed by atoms with Crippen molar-refractivity contribution >= 4 is 23.1 Å². The van der Waals surface area contributed by atoms with Crippen molar-refractivity contribution in [3.63, 3.8) is 0 Å². The van der Waals surface area contributed by atoms with Crippen LogP contribution in [0.4, 0.5) is 5.69 Å². The molecule has 0 aliphatic heterocycles. The smallest absolute Gasteiger partial charge is 0.274 e. The van der Waals surface area contributed by atoms with Gasteiger partial charge in [-0.05, 0) is 24.3 Å². The quantitative estimate of drug-likeness (QED) is 0.490. The Hall–Kier alpha value is -2.14.